The molecular weight excluding hydrogens is 472 g/mol. The SMILES string of the molecule is Cc1cccc(NC(=O)Nc2ccc(-c3cnc(Nc4cc(N5CCNCC5)nc(C)n4)s3)cc2)c1. The number of hydrogen-bond acceptors (Lipinski definition) is 8. The van der Waals surface area contributed by atoms with Crippen molar-refractivity contribution in [3.05, 3.63) is 72.2 Å². The van der Waals surface area contributed by atoms with E-state index in [4.69, 9.17) is 0 Å². The van der Waals surface area contributed by atoms with Crippen molar-refractivity contribution >= 4 is 45.5 Å². The van der Waals surface area contributed by atoms with Crippen molar-refractivity contribution < 1.29 is 4.79 Å². The second-order valence-electron chi connectivity index (χ2n) is 8.58. The zero-order chi connectivity index (χ0) is 24.9. The van der Waals surface area contributed by atoms with Gasteiger partial charge in [-0.05, 0) is 49.2 Å². The largest absolute Gasteiger partial charge is 0.354 e. The maximum absolute atomic E-state index is 12.3. The fourth-order valence-electron chi connectivity index (χ4n) is 3.98. The number of carbonyl (C=O) groups is 1. The molecule has 2 aromatic carbocycles. The molecule has 1 saturated heterocycles. The molecule has 4 N–H and O–H groups in total. The van der Waals surface area contributed by atoms with Crippen LogP contribution in [0.3, 0.4) is 0 Å². The Labute approximate surface area is 214 Å². The summed E-state index contributed by atoms with van der Waals surface area (Å²) in [5, 5.41) is 13.2. The highest BCUT2D eigenvalue weighted by Gasteiger charge is 2.14. The van der Waals surface area contributed by atoms with Gasteiger partial charge in [-0.3, -0.25) is 0 Å². The molecule has 10 heteroatoms. The maximum atomic E-state index is 12.3. The molecule has 0 bridgehead atoms. The molecule has 0 atom stereocenters. The second kappa shape index (κ2) is 10.7. The Morgan fingerprint density at radius 3 is 2.53 bits per heavy atom. The average Bonchev–Trinajstić information content (AvgIpc) is 3.33. The summed E-state index contributed by atoms with van der Waals surface area (Å²) in [6, 6.07) is 17.1. The summed E-state index contributed by atoms with van der Waals surface area (Å²) < 4.78 is 0. The predicted molar refractivity (Wildman–Crippen MR) is 147 cm³/mol. The van der Waals surface area contributed by atoms with Crippen molar-refractivity contribution in [3.63, 3.8) is 0 Å². The number of urea groups is 1. The van der Waals surface area contributed by atoms with Gasteiger partial charge in [0.05, 0.1) is 4.88 Å². The number of anilines is 5. The van der Waals surface area contributed by atoms with E-state index in [1.807, 2.05) is 74.6 Å². The highest BCUT2D eigenvalue weighted by atomic mass is 32.1. The summed E-state index contributed by atoms with van der Waals surface area (Å²) in [5.74, 6) is 2.38. The molecule has 1 aliphatic heterocycles. The van der Waals surface area contributed by atoms with Crippen molar-refractivity contribution in [1.82, 2.24) is 20.3 Å². The van der Waals surface area contributed by atoms with E-state index in [9.17, 15) is 4.79 Å². The topological polar surface area (TPSA) is 107 Å². The third-order valence-corrected chi connectivity index (χ3v) is 6.67. The summed E-state index contributed by atoms with van der Waals surface area (Å²) in [5.41, 5.74) is 3.58. The van der Waals surface area contributed by atoms with E-state index in [0.717, 1.165) is 70.5 Å². The first-order chi connectivity index (χ1) is 17.5. The van der Waals surface area contributed by atoms with Gasteiger partial charge < -0.3 is 26.2 Å². The quantitative estimate of drug-likeness (QED) is 0.295. The van der Waals surface area contributed by atoms with E-state index in [-0.39, 0.29) is 6.03 Å². The molecule has 5 rings (SSSR count). The lowest BCUT2D eigenvalue weighted by molar-refractivity contribution is 0.262. The van der Waals surface area contributed by atoms with Gasteiger partial charge in [0.25, 0.3) is 0 Å². The lowest BCUT2D eigenvalue weighted by Crippen LogP contribution is -2.44. The number of hydrogen-bond donors (Lipinski definition) is 4. The zero-order valence-electron chi connectivity index (χ0n) is 20.2. The van der Waals surface area contributed by atoms with Crippen LogP contribution in [0.4, 0.5) is 32.9 Å². The lowest BCUT2D eigenvalue weighted by Gasteiger charge is -2.28. The van der Waals surface area contributed by atoms with Crippen molar-refractivity contribution in [2.24, 2.45) is 0 Å². The van der Waals surface area contributed by atoms with Crippen molar-refractivity contribution in [3.8, 4) is 10.4 Å². The van der Waals surface area contributed by atoms with Gasteiger partial charge in [0.2, 0.25) is 0 Å². The summed E-state index contributed by atoms with van der Waals surface area (Å²) in [7, 11) is 0. The van der Waals surface area contributed by atoms with Gasteiger partial charge in [-0.15, -0.1) is 0 Å². The molecule has 0 spiro atoms. The molecular formula is C26H28N8OS. The van der Waals surface area contributed by atoms with E-state index in [2.05, 4.69) is 41.1 Å². The molecule has 36 heavy (non-hydrogen) atoms. The number of benzene rings is 2. The Balaban J connectivity index is 1.22. The van der Waals surface area contributed by atoms with Crippen LogP contribution in [0.15, 0.2) is 60.8 Å². The Bertz CT molecular complexity index is 1350. The van der Waals surface area contributed by atoms with E-state index in [1.54, 1.807) is 11.3 Å². The van der Waals surface area contributed by atoms with Gasteiger partial charge in [0.1, 0.15) is 17.5 Å². The first-order valence-electron chi connectivity index (χ1n) is 11.8. The highest BCUT2D eigenvalue weighted by Crippen LogP contribution is 2.31. The first-order valence-corrected chi connectivity index (χ1v) is 12.6. The van der Waals surface area contributed by atoms with Crippen molar-refractivity contribution in [1.29, 1.82) is 0 Å². The smallest absolute Gasteiger partial charge is 0.323 e. The third kappa shape index (κ3) is 5.96. The van der Waals surface area contributed by atoms with Crippen LogP contribution >= 0.6 is 11.3 Å². The molecule has 1 aliphatic rings. The predicted octanol–water partition coefficient (Wildman–Crippen LogP) is 5.01. The first kappa shape index (κ1) is 23.7. The molecule has 0 saturated carbocycles. The van der Waals surface area contributed by atoms with Crippen LogP contribution in [0.2, 0.25) is 0 Å². The Morgan fingerprint density at radius 1 is 0.972 bits per heavy atom. The standard InChI is InChI=1S/C26H28N8OS/c1-17-4-3-5-21(14-17)32-25(35)31-20-8-6-19(7-9-20)22-16-28-26(36-22)33-23-15-24(30-18(2)29-23)34-12-10-27-11-13-34/h3-9,14-16,27H,10-13H2,1-2H3,(H2,31,32,35)(H,28,29,30,33). The fourth-order valence-corrected chi connectivity index (χ4v) is 4.81. The number of thiazole rings is 1. The van der Waals surface area contributed by atoms with E-state index in [1.165, 1.54) is 0 Å². The van der Waals surface area contributed by atoms with Gasteiger partial charge in [0.15, 0.2) is 5.13 Å². The highest BCUT2D eigenvalue weighted by molar-refractivity contribution is 7.18. The van der Waals surface area contributed by atoms with Gasteiger partial charge in [-0.25, -0.2) is 19.7 Å². The summed E-state index contributed by atoms with van der Waals surface area (Å²) in [4.78, 5) is 29.3. The number of carbonyl (C=O) groups excluding carboxylic acids is 1. The molecule has 184 valence electrons. The minimum Gasteiger partial charge on any atom is -0.354 e. The molecule has 2 aromatic heterocycles. The molecule has 2 amide bonds. The monoisotopic (exact) mass is 500 g/mol. The second-order valence-corrected chi connectivity index (χ2v) is 9.61. The normalized spacial score (nSPS) is 13.3. The van der Waals surface area contributed by atoms with Gasteiger partial charge in [0, 0.05) is 49.8 Å². The number of aromatic nitrogens is 3. The number of piperazine rings is 1. The minimum atomic E-state index is -0.280. The van der Waals surface area contributed by atoms with E-state index in [0.29, 0.717) is 5.69 Å². The van der Waals surface area contributed by atoms with Crippen LogP contribution in [-0.4, -0.2) is 47.2 Å². The number of nitrogens with one attached hydrogen (secondary N) is 4. The van der Waals surface area contributed by atoms with Crippen molar-refractivity contribution in [2.75, 3.05) is 47.0 Å². The van der Waals surface area contributed by atoms with E-state index < -0.39 is 0 Å². The molecule has 0 unspecified atom stereocenters. The van der Waals surface area contributed by atoms with Crippen LogP contribution in [0, 0.1) is 13.8 Å². The summed E-state index contributed by atoms with van der Waals surface area (Å²) in [6.45, 7) is 7.65. The Hall–Kier alpha value is -4.02. The number of nitrogens with zero attached hydrogens (tertiary/aromatic N) is 4. The Morgan fingerprint density at radius 2 is 1.75 bits per heavy atom. The Kier molecular flexibility index (Phi) is 7.06. The third-order valence-electron chi connectivity index (χ3n) is 5.71. The molecule has 0 aliphatic carbocycles. The molecule has 4 aromatic rings. The molecule has 1 fully saturated rings. The number of amides is 2. The molecule has 3 heterocycles. The average molecular weight is 501 g/mol. The summed E-state index contributed by atoms with van der Waals surface area (Å²) in [6.07, 6.45) is 1.84. The van der Waals surface area contributed by atoms with Crippen LogP contribution in [0.1, 0.15) is 11.4 Å². The minimum absolute atomic E-state index is 0.280. The van der Waals surface area contributed by atoms with Crippen LogP contribution in [0.5, 0.6) is 0 Å². The molecule has 0 radical (unpaired) electrons. The zero-order valence-corrected chi connectivity index (χ0v) is 21.0. The van der Waals surface area contributed by atoms with Crippen molar-refractivity contribution in [2.45, 2.75) is 13.8 Å². The lowest BCUT2D eigenvalue weighted by atomic mass is 10.2. The van der Waals surface area contributed by atoms with Gasteiger partial charge in [-0.1, -0.05) is 35.6 Å². The number of rotatable bonds is 6. The number of aryl methyl sites for hydroxylation is 2. The maximum Gasteiger partial charge on any atom is 0.323 e. The van der Waals surface area contributed by atoms with Crippen LogP contribution < -0.4 is 26.2 Å². The van der Waals surface area contributed by atoms with Crippen LogP contribution in [-0.2, 0) is 0 Å². The van der Waals surface area contributed by atoms with E-state index >= 15 is 0 Å². The molecule has 9 nitrogen and oxygen atoms in total. The van der Waals surface area contributed by atoms with Crippen LogP contribution in [0.25, 0.3) is 10.4 Å². The van der Waals surface area contributed by atoms with Gasteiger partial charge >= 0.3 is 6.03 Å². The van der Waals surface area contributed by atoms with Gasteiger partial charge in [-0.2, -0.15) is 0 Å². The summed E-state index contributed by atoms with van der Waals surface area (Å²) >= 11 is 1.55. The fraction of sp³-hybridized carbons (Fsp3) is 0.231.